The molecule has 1 saturated heterocycles. The Morgan fingerprint density at radius 2 is 1.95 bits per heavy atom. The van der Waals surface area contributed by atoms with Crippen LogP contribution in [0.2, 0.25) is 0 Å². The van der Waals surface area contributed by atoms with Gasteiger partial charge in [0, 0.05) is 42.9 Å². The molecule has 0 aromatic heterocycles. The third-order valence-corrected chi connectivity index (χ3v) is 3.82. The minimum absolute atomic E-state index is 0.0619. The maximum atomic E-state index is 13.7. The molecule has 0 unspecified atom stereocenters. The van der Waals surface area contributed by atoms with Gasteiger partial charge >= 0.3 is 0 Å². The number of carbonyl (C=O) groups excluding carboxylic acids is 2. The van der Waals surface area contributed by atoms with Crippen LogP contribution < -0.4 is 11.1 Å². The van der Waals surface area contributed by atoms with Gasteiger partial charge in [0.1, 0.15) is 5.82 Å². The van der Waals surface area contributed by atoms with E-state index >= 15 is 0 Å². The van der Waals surface area contributed by atoms with Gasteiger partial charge in [0.05, 0.1) is 0 Å². The number of rotatable bonds is 2. The van der Waals surface area contributed by atoms with Crippen molar-refractivity contribution in [2.24, 2.45) is 0 Å². The number of hydrogen-bond donors (Lipinski definition) is 2. The molecular weight excluding hydrogens is 273 g/mol. The average molecular weight is 293 g/mol. The van der Waals surface area contributed by atoms with Crippen LogP contribution in [0, 0.1) is 12.7 Å². The van der Waals surface area contributed by atoms with E-state index in [0.717, 1.165) is 0 Å². The van der Waals surface area contributed by atoms with E-state index in [4.69, 9.17) is 5.73 Å². The van der Waals surface area contributed by atoms with Crippen molar-refractivity contribution in [2.45, 2.75) is 32.7 Å². The Morgan fingerprint density at radius 1 is 1.33 bits per heavy atom. The lowest BCUT2D eigenvalue weighted by Gasteiger charge is -2.32. The van der Waals surface area contributed by atoms with E-state index < -0.39 is 5.82 Å². The van der Waals surface area contributed by atoms with Gasteiger partial charge in [-0.15, -0.1) is 0 Å². The van der Waals surface area contributed by atoms with Gasteiger partial charge in [0.25, 0.3) is 5.91 Å². The third-order valence-electron chi connectivity index (χ3n) is 3.82. The summed E-state index contributed by atoms with van der Waals surface area (Å²) in [4.78, 5) is 25.0. The minimum atomic E-state index is -0.466. The van der Waals surface area contributed by atoms with Gasteiger partial charge < -0.3 is 16.0 Å². The second kappa shape index (κ2) is 6.11. The number of hydrogen-bond acceptors (Lipinski definition) is 3. The molecule has 6 heteroatoms. The molecule has 0 bridgehead atoms. The molecule has 5 nitrogen and oxygen atoms in total. The largest absolute Gasteiger partial charge is 0.398 e. The number of nitrogen functional groups attached to an aromatic ring is 1. The van der Waals surface area contributed by atoms with Crippen molar-refractivity contribution in [1.82, 2.24) is 10.2 Å². The highest BCUT2D eigenvalue weighted by molar-refractivity contribution is 5.95. The zero-order valence-corrected chi connectivity index (χ0v) is 12.3. The first-order valence-corrected chi connectivity index (χ1v) is 7.00. The van der Waals surface area contributed by atoms with Crippen molar-refractivity contribution in [2.75, 3.05) is 18.8 Å². The average Bonchev–Trinajstić information content (AvgIpc) is 2.43. The maximum Gasteiger partial charge on any atom is 0.254 e. The number of piperidine rings is 1. The first-order chi connectivity index (χ1) is 9.88. The Kier molecular flexibility index (Phi) is 4.45. The van der Waals surface area contributed by atoms with Gasteiger partial charge in [-0.25, -0.2) is 4.39 Å². The van der Waals surface area contributed by atoms with E-state index in [1.165, 1.54) is 19.1 Å². The molecule has 1 aliphatic heterocycles. The standard InChI is InChI=1S/C15H20FN3O2/c1-9-13(16)7-11(8-14(9)17)15(21)19-5-3-12(4-6-19)18-10(2)20/h7-8,12H,3-6,17H2,1-2H3,(H,18,20). The van der Waals surface area contributed by atoms with Gasteiger partial charge in [-0.2, -0.15) is 0 Å². The molecule has 2 amide bonds. The molecule has 1 aliphatic rings. The normalized spacial score (nSPS) is 15.9. The summed E-state index contributed by atoms with van der Waals surface area (Å²) in [6.07, 6.45) is 1.41. The fourth-order valence-electron chi connectivity index (χ4n) is 2.52. The number of anilines is 1. The number of nitrogens with two attached hydrogens (primary N) is 1. The van der Waals surface area contributed by atoms with Crippen LogP contribution in [0.3, 0.4) is 0 Å². The predicted octanol–water partition coefficient (Wildman–Crippen LogP) is 1.46. The predicted molar refractivity (Wildman–Crippen MR) is 78.3 cm³/mol. The fraction of sp³-hybridized carbons (Fsp3) is 0.467. The molecule has 114 valence electrons. The monoisotopic (exact) mass is 293 g/mol. The van der Waals surface area contributed by atoms with Crippen molar-refractivity contribution >= 4 is 17.5 Å². The Hall–Kier alpha value is -2.11. The SMILES string of the molecule is CC(=O)NC1CCN(C(=O)c2cc(N)c(C)c(F)c2)CC1. The number of nitrogens with one attached hydrogen (secondary N) is 1. The van der Waals surface area contributed by atoms with Gasteiger partial charge in [-0.05, 0) is 31.9 Å². The molecule has 21 heavy (non-hydrogen) atoms. The third kappa shape index (κ3) is 3.51. The number of nitrogens with zero attached hydrogens (tertiary/aromatic N) is 1. The molecular formula is C15H20FN3O2. The summed E-state index contributed by atoms with van der Waals surface area (Å²) in [6, 6.07) is 2.85. The van der Waals surface area contributed by atoms with Crippen molar-refractivity contribution in [3.63, 3.8) is 0 Å². The second-order valence-corrected chi connectivity index (χ2v) is 5.44. The lowest BCUT2D eigenvalue weighted by Crippen LogP contribution is -2.46. The molecule has 0 spiro atoms. The van der Waals surface area contributed by atoms with Crippen molar-refractivity contribution in [1.29, 1.82) is 0 Å². The topological polar surface area (TPSA) is 75.4 Å². The highest BCUT2D eigenvalue weighted by atomic mass is 19.1. The minimum Gasteiger partial charge on any atom is -0.398 e. The molecule has 0 radical (unpaired) electrons. The van der Waals surface area contributed by atoms with E-state index in [-0.39, 0.29) is 29.1 Å². The van der Waals surface area contributed by atoms with Crippen LogP contribution in [0.4, 0.5) is 10.1 Å². The van der Waals surface area contributed by atoms with E-state index in [0.29, 0.717) is 31.5 Å². The summed E-state index contributed by atoms with van der Waals surface area (Å²) in [5, 5.41) is 2.85. The molecule has 0 atom stereocenters. The number of benzene rings is 1. The van der Waals surface area contributed by atoms with Crippen LogP contribution in [-0.2, 0) is 4.79 Å². The molecule has 0 saturated carbocycles. The van der Waals surface area contributed by atoms with Gasteiger partial charge in [0.2, 0.25) is 5.91 Å². The molecule has 3 N–H and O–H groups in total. The fourth-order valence-corrected chi connectivity index (χ4v) is 2.52. The first kappa shape index (κ1) is 15.3. The quantitative estimate of drug-likeness (QED) is 0.811. The van der Waals surface area contributed by atoms with Crippen molar-refractivity contribution in [3.8, 4) is 0 Å². The molecule has 2 rings (SSSR count). The van der Waals surface area contributed by atoms with Crippen LogP contribution in [0.1, 0.15) is 35.7 Å². The molecule has 1 heterocycles. The Balaban J connectivity index is 2.04. The maximum absolute atomic E-state index is 13.7. The van der Waals surface area contributed by atoms with Gasteiger partial charge in [-0.1, -0.05) is 0 Å². The van der Waals surface area contributed by atoms with Crippen molar-refractivity contribution in [3.05, 3.63) is 29.1 Å². The summed E-state index contributed by atoms with van der Waals surface area (Å²) in [5.41, 5.74) is 6.62. The van der Waals surface area contributed by atoms with E-state index in [9.17, 15) is 14.0 Å². The highest BCUT2D eigenvalue weighted by Gasteiger charge is 2.24. The van der Waals surface area contributed by atoms with Crippen LogP contribution in [-0.4, -0.2) is 35.8 Å². The van der Waals surface area contributed by atoms with Crippen molar-refractivity contribution < 1.29 is 14.0 Å². The van der Waals surface area contributed by atoms with Crippen LogP contribution in [0.25, 0.3) is 0 Å². The summed E-state index contributed by atoms with van der Waals surface area (Å²) in [5.74, 6) is -0.749. The molecule has 1 aromatic carbocycles. The number of likely N-dealkylation sites (tertiary alicyclic amines) is 1. The zero-order valence-electron chi connectivity index (χ0n) is 12.3. The first-order valence-electron chi connectivity index (χ1n) is 7.00. The van der Waals surface area contributed by atoms with Crippen LogP contribution >= 0.6 is 0 Å². The lowest BCUT2D eigenvalue weighted by molar-refractivity contribution is -0.119. The molecule has 1 aromatic rings. The Bertz CT molecular complexity index is 543. The zero-order chi connectivity index (χ0) is 15.6. The number of amides is 2. The van der Waals surface area contributed by atoms with Crippen LogP contribution in [0.5, 0.6) is 0 Å². The Morgan fingerprint density at radius 3 is 2.48 bits per heavy atom. The second-order valence-electron chi connectivity index (χ2n) is 5.44. The molecule has 1 fully saturated rings. The summed E-state index contributed by atoms with van der Waals surface area (Å²) in [6.45, 7) is 4.14. The number of halogens is 1. The summed E-state index contributed by atoms with van der Waals surface area (Å²) in [7, 11) is 0. The number of carbonyl (C=O) groups is 2. The van der Waals surface area contributed by atoms with Crippen LogP contribution in [0.15, 0.2) is 12.1 Å². The smallest absolute Gasteiger partial charge is 0.254 e. The van der Waals surface area contributed by atoms with Gasteiger partial charge in [0.15, 0.2) is 0 Å². The highest BCUT2D eigenvalue weighted by Crippen LogP contribution is 2.20. The van der Waals surface area contributed by atoms with E-state index in [1.54, 1.807) is 11.8 Å². The van der Waals surface area contributed by atoms with E-state index in [2.05, 4.69) is 5.32 Å². The summed E-state index contributed by atoms with van der Waals surface area (Å²) >= 11 is 0. The van der Waals surface area contributed by atoms with Gasteiger partial charge in [-0.3, -0.25) is 9.59 Å². The molecule has 0 aliphatic carbocycles. The Labute approximate surface area is 123 Å². The van der Waals surface area contributed by atoms with E-state index in [1.807, 2.05) is 0 Å². The summed E-state index contributed by atoms with van der Waals surface area (Å²) < 4.78 is 13.7. The lowest BCUT2D eigenvalue weighted by atomic mass is 10.0.